The fourth-order valence-electron chi connectivity index (χ4n) is 6.94. The molecule has 5 aliphatic rings. The second kappa shape index (κ2) is 12.2. The van der Waals surface area contributed by atoms with Crippen LogP contribution < -0.4 is 0 Å². The normalized spacial score (nSPS) is 36.7. The minimum Gasteiger partial charge on any atom is -0.363 e. The summed E-state index contributed by atoms with van der Waals surface area (Å²) in [5.74, 6) is 0. The van der Waals surface area contributed by atoms with E-state index in [4.69, 9.17) is 52.9 Å². The highest BCUT2D eigenvalue weighted by molar-refractivity contribution is 7.80. The van der Waals surface area contributed by atoms with Crippen molar-refractivity contribution in [3.05, 3.63) is 28.8 Å². The predicted octanol–water partition coefficient (Wildman–Crippen LogP) is 7.35. The summed E-state index contributed by atoms with van der Waals surface area (Å²) in [6.07, 6.45) is 3.56. The van der Waals surface area contributed by atoms with E-state index in [9.17, 15) is 0 Å². The standard InChI is InChI=1S/C28H37FN6O5S/c29-25-26(40-21-9-2-4-11-37-21)18(14-38-20-8-1-3-10-36-20)39-27(25)28(35-32)13-15-6-5-7-19(41)23-16(33-30)12-17(34-31)24(28)22(15)23/h12-13,18-21,25-27,30-32,41H,1-11,14H2/t18-,19?,20?,21?,25-,26-,27-,28?/m1/s1. The molecule has 4 unspecified atom stereocenters. The Morgan fingerprint density at radius 1 is 0.976 bits per heavy atom. The van der Waals surface area contributed by atoms with Gasteiger partial charge in [-0.25, -0.2) is 21.0 Å². The number of halogens is 1. The van der Waals surface area contributed by atoms with Crippen molar-refractivity contribution >= 4 is 29.6 Å². The molecule has 0 spiro atoms. The molecule has 6 rings (SSSR count). The van der Waals surface area contributed by atoms with Gasteiger partial charge in [0.1, 0.15) is 18.3 Å². The van der Waals surface area contributed by atoms with Gasteiger partial charge in [0.05, 0.1) is 18.0 Å². The molecule has 0 radical (unpaired) electrons. The maximum Gasteiger partial charge on any atom is 0.158 e. The Labute approximate surface area is 243 Å². The molecule has 3 heterocycles. The lowest BCUT2D eigenvalue weighted by Crippen LogP contribution is -2.44. The third-order valence-electron chi connectivity index (χ3n) is 8.88. The summed E-state index contributed by atoms with van der Waals surface area (Å²) < 4.78 is 47.0. The first-order chi connectivity index (χ1) is 20.0. The topological polar surface area (TPSA) is 155 Å². The number of nitrogens with zero attached hydrogens (tertiary/aromatic N) is 3. The van der Waals surface area contributed by atoms with Crippen molar-refractivity contribution in [3.63, 3.8) is 0 Å². The minimum absolute atomic E-state index is 0.0484. The lowest BCUT2D eigenvalue weighted by Gasteiger charge is -2.32. The molecular weight excluding hydrogens is 551 g/mol. The van der Waals surface area contributed by atoms with E-state index in [0.29, 0.717) is 42.9 Å². The van der Waals surface area contributed by atoms with Gasteiger partial charge in [0, 0.05) is 29.6 Å². The smallest absolute Gasteiger partial charge is 0.158 e. The van der Waals surface area contributed by atoms with Crippen molar-refractivity contribution in [1.82, 2.24) is 0 Å². The fourth-order valence-corrected chi connectivity index (χ4v) is 7.38. The first-order valence-electron chi connectivity index (χ1n) is 14.6. The van der Waals surface area contributed by atoms with E-state index in [1.807, 2.05) is 0 Å². The number of nitrogens with one attached hydrogen (secondary N) is 3. The number of hydrogen-bond acceptors (Lipinski definition) is 12. The zero-order valence-corrected chi connectivity index (χ0v) is 23.8. The van der Waals surface area contributed by atoms with Gasteiger partial charge in [0.15, 0.2) is 24.3 Å². The molecule has 3 fully saturated rings. The van der Waals surface area contributed by atoms with E-state index < -0.39 is 42.6 Å². The lowest BCUT2D eigenvalue weighted by atomic mass is 9.81. The molecule has 2 aliphatic carbocycles. The molecule has 13 heteroatoms. The number of alkyl halides is 1. The Morgan fingerprint density at radius 3 is 2.37 bits per heavy atom. The Bertz CT molecular complexity index is 1210. The summed E-state index contributed by atoms with van der Waals surface area (Å²) in [7, 11) is 0. The molecule has 3 aliphatic heterocycles. The van der Waals surface area contributed by atoms with Crippen LogP contribution in [0.5, 0.6) is 0 Å². The highest BCUT2D eigenvalue weighted by Crippen LogP contribution is 2.59. The van der Waals surface area contributed by atoms with Gasteiger partial charge in [-0.15, -0.1) is 0 Å². The van der Waals surface area contributed by atoms with Crippen molar-refractivity contribution in [2.75, 3.05) is 19.8 Å². The summed E-state index contributed by atoms with van der Waals surface area (Å²) in [6, 6.07) is 1.53. The molecule has 3 N–H and O–H groups in total. The molecule has 0 saturated carbocycles. The summed E-state index contributed by atoms with van der Waals surface area (Å²) >= 11 is 4.81. The van der Waals surface area contributed by atoms with Gasteiger partial charge in [-0.1, -0.05) is 0 Å². The Morgan fingerprint density at radius 2 is 1.71 bits per heavy atom. The lowest BCUT2D eigenvalue weighted by molar-refractivity contribution is -0.220. The molecule has 222 valence electrons. The van der Waals surface area contributed by atoms with Crippen LogP contribution in [0.1, 0.15) is 79.7 Å². The van der Waals surface area contributed by atoms with Gasteiger partial charge in [0.2, 0.25) is 0 Å². The van der Waals surface area contributed by atoms with E-state index in [1.54, 1.807) is 6.08 Å². The second-order valence-corrected chi connectivity index (χ2v) is 12.0. The highest BCUT2D eigenvalue weighted by Gasteiger charge is 2.60. The van der Waals surface area contributed by atoms with Gasteiger partial charge in [0.25, 0.3) is 0 Å². The zero-order valence-electron chi connectivity index (χ0n) is 22.9. The van der Waals surface area contributed by atoms with Crippen LogP contribution in [0.3, 0.4) is 0 Å². The molecule has 0 amide bonds. The zero-order chi connectivity index (χ0) is 28.6. The van der Waals surface area contributed by atoms with Crippen molar-refractivity contribution in [2.24, 2.45) is 15.3 Å². The molecule has 0 bridgehead atoms. The molecule has 3 saturated heterocycles. The number of rotatable bonds is 9. The van der Waals surface area contributed by atoms with Crippen LogP contribution in [-0.4, -0.2) is 56.9 Å². The van der Waals surface area contributed by atoms with Gasteiger partial charge in [-0.05, 0) is 81.1 Å². The van der Waals surface area contributed by atoms with E-state index in [0.717, 1.165) is 56.1 Å². The molecule has 1 aromatic rings. The van der Waals surface area contributed by atoms with Crippen molar-refractivity contribution in [1.29, 1.82) is 16.6 Å². The average Bonchev–Trinajstić information content (AvgIpc) is 3.45. The summed E-state index contributed by atoms with van der Waals surface area (Å²) in [4.78, 5) is 0. The van der Waals surface area contributed by atoms with E-state index in [2.05, 4.69) is 15.3 Å². The van der Waals surface area contributed by atoms with E-state index in [1.165, 1.54) is 6.07 Å². The second-order valence-electron chi connectivity index (χ2n) is 11.4. The van der Waals surface area contributed by atoms with Crippen LogP contribution in [0, 0.1) is 16.6 Å². The number of hydrogen-bond donors (Lipinski definition) is 4. The molecule has 41 heavy (non-hydrogen) atoms. The predicted molar refractivity (Wildman–Crippen MR) is 148 cm³/mol. The summed E-state index contributed by atoms with van der Waals surface area (Å²) in [6.45, 7) is 1.21. The quantitative estimate of drug-likeness (QED) is 0.175. The monoisotopic (exact) mass is 588 g/mol. The molecule has 8 atom stereocenters. The van der Waals surface area contributed by atoms with Crippen molar-refractivity contribution < 1.29 is 28.1 Å². The van der Waals surface area contributed by atoms with Crippen LogP contribution in [0.25, 0.3) is 5.57 Å². The van der Waals surface area contributed by atoms with Crippen LogP contribution in [0.4, 0.5) is 15.8 Å². The van der Waals surface area contributed by atoms with E-state index in [-0.39, 0.29) is 17.5 Å². The average molecular weight is 589 g/mol. The third kappa shape index (κ3) is 5.18. The Balaban J connectivity index is 1.39. The van der Waals surface area contributed by atoms with E-state index >= 15 is 4.39 Å². The van der Waals surface area contributed by atoms with Gasteiger partial charge < -0.3 is 23.7 Å². The van der Waals surface area contributed by atoms with Crippen LogP contribution in [0.15, 0.2) is 27.5 Å². The van der Waals surface area contributed by atoms with Crippen LogP contribution in [0.2, 0.25) is 0 Å². The molecular formula is C28H37FN6O5S. The molecule has 0 aromatic heterocycles. The Hall–Kier alpha value is -2.16. The molecule has 11 nitrogen and oxygen atoms in total. The molecule has 1 aromatic carbocycles. The number of allylic oxidation sites excluding steroid dienone is 1. The summed E-state index contributed by atoms with van der Waals surface area (Å²) in [5, 5.41) is 11.3. The number of ether oxygens (including phenoxy) is 5. The van der Waals surface area contributed by atoms with Gasteiger partial charge in [-0.2, -0.15) is 28.0 Å². The first kappa shape index (κ1) is 28.9. The number of thiol groups is 1. The largest absolute Gasteiger partial charge is 0.363 e. The maximum absolute atomic E-state index is 16.8. The Kier molecular flexibility index (Phi) is 8.62. The first-order valence-corrected chi connectivity index (χ1v) is 15.1. The minimum atomic E-state index is -1.68. The number of benzene rings is 1. The fraction of sp³-hybridized carbons (Fsp3) is 0.714. The highest BCUT2D eigenvalue weighted by atomic mass is 32.1. The van der Waals surface area contributed by atoms with Crippen LogP contribution in [-0.2, 0) is 29.2 Å². The maximum atomic E-state index is 16.8. The van der Waals surface area contributed by atoms with Crippen molar-refractivity contribution in [2.45, 2.75) is 106 Å². The van der Waals surface area contributed by atoms with Crippen LogP contribution >= 0.6 is 12.6 Å². The van der Waals surface area contributed by atoms with Crippen molar-refractivity contribution in [3.8, 4) is 0 Å². The third-order valence-corrected chi connectivity index (χ3v) is 9.40. The SMILES string of the molecule is N=Nc1cc(N=N)c2c3c1C(S)CCCC3=CC2(N=N)[C@@H]1O[C@H](COC2CCCCO2)[C@@H](OC2CCCCO2)[C@H]1F. The van der Waals surface area contributed by atoms with Gasteiger partial charge >= 0.3 is 0 Å². The summed E-state index contributed by atoms with van der Waals surface area (Å²) in [5.41, 5.74) is 25.9. The van der Waals surface area contributed by atoms with Gasteiger partial charge in [-0.3, -0.25) is 0 Å².